The van der Waals surface area contributed by atoms with E-state index in [1.807, 2.05) is 12.1 Å². The molecule has 19 heavy (non-hydrogen) atoms. The third kappa shape index (κ3) is 3.25. The quantitative estimate of drug-likeness (QED) is 0.811. The Morgan fingerprint density at radius 2 is 1.89 bits per heavy atom. The lowest BCUT2D eigenvalue weighted by Gasteiger charge is -2.16. The molecule has 4 heteroatoms. The van der Waals surface area contributed by atoms with Crippen molar-refractivity contribution in [2.45, 2.75) is 32.3 Å². The van der Waals surface area contributed by atoms with Gasteiger partial charge in [0.1, 0.15) is 11.9 Å². The maximum Gasteiger partial charge on any atom is 0.129 e. The molecule has 0 fully saturated rings. The van der Waals surface area contributed by atoms with Gasteiger partial charge in [0.05, 0.1) is 0 Å². The summed E-state index contributed by atoms with van der Waals surface area (Å²) in [5.41, 5.74) is 0.343. The molecule has 1 heterocycles. The Morgan fingerprint density at radius 1 is 1.21 bits per heavy atom. The summed E-state index contributed by atoms with van der Waals surface area (Å²) < 4.78 is 14.5. The van der Waals surface area contributed by atoms with Gasteiger partial charge in [-0.3, -0.25) is 0 Å². The maximum absolute atomic E-state index is 13.8. The Balaban J connectivity index is 2.36. The fourth-order valence-corrected chi connectivity index (χ4v) is 3.23. The van der Waals surface area contributed by atoms with Gasteiger partial charge >= 0.3 is 0 Å². The summed E-state index contributed by atoms with van der Waals surface area (Å²) in [4.78, 5) is 1.94. The van der Waals surface area contributed by atoms with Crippen LogP contribution in [0.3, 0.4) is 0 Å². The molecule has 0 aliphatic carbocycles. The van der Waals surface area contributed by atoms with E-state index in [9.17, 15) is 9.50 Å². The molecule has 0 saturated heterocycles. The van der Waals surface area contributed by atoms with Crippen molar-refractivity contribution < 1.29 is 9.50 Å². The van der Waals surface area contributed by atoms with E-state index in [1.165, 1.54) is 22.3 Å². The van der Waals surface area contributed by atoms with E-state index in [2.05, 4.69) is 36.7 Å². The zero-order chi connectivity index (χ0) is 14.2. The highest BCUT2D eigenvalue weighted by Crippen LogP contribution is 2.35. The van der Waals surface area contributed by atoms with Gasteiger partial charge < -0.3 is 5.11 Å². The normalized spacial score (nSPS) is 13.6. The van der Waals surface area contributed by atoms with Gasteiger partial charge in [-0.2, -0.15) is 0 Å². The molecule has 0 aliphatic heterocycles. The summed E-state index contributed by atoms with van der Waals surface area (Å²) in [5, 5.41) is 10.3. The molecular weight excluding hydrogens is 327 g/mol. The second-order valence-corrected chi connectivity index (χ2v) is 7.55. The Hall–Kier alpha value is -0.710. The lowest BCUT2D eigenvalue weighted by Crippen LogP contribution is -2.08. The minimum Gasteiger partial charge on any atom is -0.383 e. The molecule has 1 nitrogen and oxygen atoms in total. The molecule has 0 aliphatic rings. The van der Waals surface area contributed by atoms with Crippen molar-refractivity contribution in [3.05, 3.63) is 55.9 Å². The first-order valence-corrected chi connectivity index (χ1v) is 7.63. The molecule has 1 aromatic heterocycles. The average molecular weight is 343 g/mol. The van der Waals surface area contributed by atoms with E-state index in [0.29, 0.717) is 5.56 Å². The lowest BCUT2D eigenvalue weighted by molar-refractivity contribution is 0.218. The molecule has 102 valence electrons. The zero-order valence-corrected chi connectivity index (χ0v) is 13.5. The first-order valence-electron chi connectivity index (χ1n) is 6.02. The molecule has 2 aromatic rings. The van der Waals surface area contributed by atoms with Crippen LogP contribution in [0.1, 0.15) is 42.2 Å². The average Bonchev–Trinajstić information content (AvgIpc) is 2.80. The maximum atomic E-state index is 13.8. The summed E-state index contributed by atoms with van der Waals surface area (Å²) in [7, 11) is 0. The van der Waals surface area contributed by atoms with Gasteiger partial charge in [-0.1, -0.05) is 36.7 Å². The minimum atomic E-state index is -0.918. The van der Waals surface area contributed by atoms with Crippen LogP contribution in [0.25, 0.3) is 0 Å². The van der Waals surface area contributed by atoms with Crippen LogP contribution in [0, 0.1) is 5.82 Å². The highest BCUT2D eigenvalue weighted by Gasteiger charge is 2.21. The Labute approximate surface area is 125 Å². The Bertz CT molecular complexity index is 586. The van der Waals surface area contributed by atoms with Gasteiger partial charge in [0, 0.05) is 19.8 Å². The molecule has 0 bridgehead atoms. The molecule has 0 amide bonds. The number of aliphatic hydroxyl groups is 1. The third-order valence-corrected chi connectivity index (χ3v) is 4.94. The first-order chi connectivity index (χ1) is 8.79. The molecule has 1 atom stereocenters. The Morgan fingerprint density at radius 3 is 2.47 bits per heavy atom. The van der Waals surface area contributed by atoms with Gasteiger partial charge in [0.15, 0.2) is 0 Å². The van der Waals surface area contributed by atoms with E-state index in [-0.39, 0.29) is 11.2 Å². The summed E-state index contributed by atoms with van der Waals surface area (Å²) in [5.74, 6) is -0.388. The standard InChI is InChI=1S/C15H16BrFOS/c1-15(2,3)13-7-6-12(19-13)14(18)10-8-9(16)4-5-11(10)17/h4-8,14,18H,1-3H3. The highest BCUT2D eigenvalue weighted by molar-refractivity contribution is 9.10. The molecule has 1 aromatic carbocycles. The van der Waals surface area contributed by atoms with E-state index < -0.39 is 6.10 Å². The number of hydrogen-bond acceptors (Lipinski definition) is 2. The second kappa shape index (κ2) is 5.35. The van der Waals surface area contributed by atoms with Crippen LogP contribution in [0.15, 0.2) is 34.8 Å². The molecule has 0 radical (unpaired) electrons. The van der Waals surface area contributed by atoms with Crippen molar-refractivity contribution in [1.29, 1.82) is 0 Å². The van der Waals surface area contributed by atoms with E-state index in [0.717, 1.165) is 9.35 Å². The second-order valence-electron chi connectivity index (χ2n) is 5.52. The molecule has 0 spiro atoms. The van der Waals surface area contributed by atoms with Gasteiger partial charge in [-0.05, 0) is 35.7 Å². The van der Waals surface area contributed by atoms with E-state index in [1.54, 1.807) is 12.1 Å². The van der Waals surface area contributed by atoms with Crippen molar-refractivity contribution in [2.24, 2.45) is 0 Å². The van der Waals surface area contributed by atoms with Crippen molar-refractivity contribution >= 4 is 27.3 Å². The smallest absolute Gasteiger partial charge is 0.129 e. The number of thiophene rings is 1. The minimum absolute atomic E-state index is 0.0401. The van der Waals surface area contributed by atoms with E-state index in [4.69, 9.17) is 0 Å². The van der Waals surface area contributed by atoms with Crippen molar-refractivity contribution in [1.82, 2.24) is 0 Å². The summed E-state index contributed by atoms with van der Waals surface area (Å²) in [6.45, 7) is 6.36. The van der Waals surface area contributed by atoms with E-state index >= 15 is 0 Å². The zero-order valence-electron chi connectivity index (χ0n) is 11.1. The van der Waals surface area contributed by atoms with Crippen molar-refractivity contribution in [2.75, 3.05) is 0 Å². The van der Waals surface area contributed by atoms with Gasteiger partial charge in [0.2, 0.25) is 0 Å². The topological polar surface area (TPSA) is 20.2 Å². The molecular formula is C15H16BrFOS. The van der Waals surface area contributed by atoms with Crippen molar-refractivity contribution in [3.8, 4) is 0 Å². The van der Waals surface area contributed by atoms with Crippen molar-refractivity contribution in [3.63, 3.8) is 0 Å². The first kappa shape index (κ1) is 14.7. The highest BCUT2D eigenvalue weighted by atomic mass is 79.9. The van der Waals surface area contributed by atoms with Gasteiger partial charge in [-0.25, -0.2) is 4.39 Å². The molecule has 1 N–H and O–H groups in total. The monoisotopic (exact) mass is 342 g/mol. The number of hydrogen-bond donors (Lipinski definition) is 1. The largest absolute Gasteiger partial charge is 0.383 e. The Kier molecular flexibility index (Phi) is 4.14. The predicted molar refractivity (Wildman–Crippen MR) is 81.2 cm³/mol. The fourth-order valence-electron chi connectivity index (χ4n) is 1.78. The van der Waals surface area contributed by atoms with Crippen LogP contribution in [-0.2, 0) is 5.41 Å². The van der Waals surface area contributed by atoms with Crippen LogP contribution in [-0.4, -0.2) is 5.11 Å². The fraction of sp³-hybridized carbons (Fsp3) is 0.333. The van der Waals surface area contributed by atoms with Crippen LogP contribution in [0.4, 0.5) is 4.39 Å². The molecule has 1 unspecified atom stereocenters. The van der Waals surface area contributed by atoms with Gasteiger partial charge in [-0.15, -0.1) is 11.3 Å². The van der Waals surface area contributed by atoms with Crippen LogP contribution >= 0.6 is 27.3 Å². The predicted octanol–water partition coefficient (Wildman–Crippen LogP) is 5.03. The number of aliphatic hydroxyl groups excluding tert-OH is 1. The number of halogens is 2. The number of benzene rings is 1. The third-order valence-electron chi connectivity index (χ3n) is 2.89. The van der Waals surface area contributed by atoms with Crippen LogP contribution < -0.4 is 0 Å². The van der Waals surface area contributed by atoms with Crippen LogP contribution in [0.2, 0.25) is 0 Å². The molecule has 2 rings (SSSR count). The lowest BCUT2D eigenvalue weighted by atomic mass is 9.95. The van der Waals surface area contributed by atoms with Crippen LogP contribution in [0.5, 0.6) is 0 Å². The summed E-state index contributed by atoms with van der Waals surface area (Å²) in [6.07, 6.45) is -0.918. The summed E-state index contributed by atoms with van der Waals surface area (Å²) in [6, 6.07) is 8.48. The SMILES string of the molecule is CC(C)(C)c1ccc(C(O)c2cc(Br)ccc2F)s1. The molecule has 0 saturated carbocycles. The van der Waals surface area contributed by atoms with Gasteiger partial charge in [0.25, 0.3) is 0 Å². The number of rotatable bonds is 2. The summed E-state index contributed by atoms with van der Waals surface area (Å²) >= 11 is 4.83.